The molecule has 0 aliphatic carbocycles. The molecule has 0 aromatic heterocycles. The van der Waals surface area contributed by atoms with Crippen LogP contribution < -0.4 is 10.2 Å². The van der Waals surface area contributed by atoms with Crippen LogP contribution >= 0.6 is 11.6 Å². The maximum Gasteiger partial charge on any atom is 0.244 e. The maximum absolute atomic E-state index is 13.1. The van der Waals surface area contributed by atoms with Gasteiger partial charge in [-0.05, 0) is 74.7 Å². The molecule has 7 nitrogen and oxygen atoms in total. The first kappa shape index (κ1) is 22.8. The number of carbonyl (C=O) groups is 2. The first-order valence-electron chi connectivity index (χ1n) is 10.6. The number of rotatable bonds is 5. The summed E-state index contributed by atoms with van der Waals surface area (Å²) in [5, 5.41) is 3.32. The molecule has 2 amide bonds. The van der Waals surface area contributed by atoms with Crippen LogP contribution in [0.1, 0.15) is 38.7 Å². The molecule has 9 heteroatoms. The normalized spacial score (nSPS) is 18.5. The lowest BCUT2D eigenvalue weighted by atomic mass is 9.86. The minimum absolute atomic E-state index is 0.171. The van der Waals surface area contributed by atoms with Crippen molar-refractivity contribution in [1.82, 2.24) is 4.31 Å². The molecule has 0 spiro atoms. The average Bonchev–Trinajstić information content (AvgIpc) is 2.96. The van der Waals surface area contributed by atoms with E-state index in [-0.39, 0.29) is 23.3 Å². The van der Waals surface area contributed by atoms with Crippen LogP contribution in [0.25, 0.3) is 0 Å². The lowest BCUT2D eigenvalue weighted by molar-refractivity contribution is -0.124. The molecule has 2 aromatic rings. The van der Waals surface area contributed by atoms with Gasteiger partial charge in [0, 0.05) is 29.5 Å². The molecule has 2 aliphatic rings. The second-order valence-electron chi connectivity index (χ2n) is 8.72. The van der Waals surface area contributed by atoms with Crippen LogP contribution in [-0.4, -0.2) is 44.2 Å². The number of nitrogens with zero attached hydrogens (tertiary/aromatic N) is 2. The molecule has 2 aliphatic heterocycles. The van der Waals surface area contributed by atoms with E-state index in [2.05, 4.69) is 5.32 Å². The van der Waals surface area contributed by atoms with Gasteiger partial charge < -0.3 is 10.2 Å². The van der Waals surface area contributed by atoms with Crippen molar-refractivity contribution in [2.24, 2.45) is 0 Å². The van der Waals surface area contributed by atoms with Crippen molar-refractivity contribution in [2.45, 2.75) is 43.4 Å². The Balaban J connectivity index is 1.59. The van der Waals surface area contributed by atoms with E-state index in [0.29, 0.717) is 35.1 Å². The second kappa shape index (κ2) is 8.50. The molecule has 0 unspecified atom stereocenters. The van der Waals surface area contributed by atoms with Gasteiger partial charge in [-0.2, -0.15) is 4.31 Å². The first-order chi connectivity index (χ1) is 15.1. The molecule has 0 saturated carbocycles. The number of hydrogen-bond acceptors (Lipinski definition) is 4. The van der Waals surface area contributed by atoms with E-state index >= 15 is 0 Å². The topological polar surface area (TPSA) is 86.8 Å². The maximum atomic E-state index is 13.1. The molecule has 1 saturated heterocycles. The molecule has 32 heavy (non-hydrogen) atoms. The van der Waals surface area contributed by atoms with Gasteiger partial charge in [-0.25, -0.2) is 8.42 Å². The molecule has 1 N–H and O–H groups in total. The summed E-state index contributed by atoms with van der Waals surface area (Å²) in [4.78, 5) is 27.4. The Morgan fingerprint density at radius 2 is 1.72 bits per heavy atom. The smallest absolute Gasteiger partial charge is 0.244 e. The summed E-state index contributed by atoms with van der Waals surface area (Å²) in [7, 11) is -3.62. The van der Waals surface area contributed by atoms with E-state index in [9.17, 15) is 18.0 Å². The lowest BCUT2D eigenvalue weighted by Crippen LogP contribution is -2.40. The van der Waals surface area contributed by atoms with E-state index < -0.39 is 15.4 Å². The Bertz CT molecular complexity index is 1160. The SMILES string of the molecule is CC1(C)C(=O)N(CC(=O)Nc2ccc(Cl)cc2)c2ccc(S(=O)(=O)N3CCCCC3)cc21. The number of carbonyl (C=O) groups excluding carboxylic acids is 2. The summed E-state index contributed by atoms with van der Waals surface area (Å²) in [6.45, 7) is 4.36. The Kier molecular flexibility index (Phi) is 6.04. The molecule has 170 valence electrons. The third-order valence-electron chi connectivity index (χ3n) is 6.09. The van der Waals surface area contributed by atoms with Gasteiger partial charge in [0.25, 0.3) is 0 Å². The Morgan fingerprint density at radius 1 is 1.06 bits per heavy atom. The Hall–Kier alpha value is -2.42. The van der Waals surface area contributed by atoms with Crippen LogP contribution in [0.3, 0.4) is 0 Å². The molecular weight excluding hydrogens is 450 g/mol. The van der Waals surface area contributed by atoms with E-state index in [1.165, 1.54) is 15.3 Å². The number of hydrogen-bond donors (Lipinski definition) is 1. The fourth-order valence-corrected chi connectivity index (χ4v) is 5.93. The number of nitrogens with one attached hydrogen (secondary N) is 1. The largest absolute Gasteiger partial charge is 0.325 e. The molecule has 2 aromatic carbocycles. The van der Waals surface area contributed by atoms with Gasteiger partial charge in [0.05, 0.1) is 10.3 Å². The lowest BCUT2D eigenvalue weighted by Gasteiger charge is -2.26. The summed E-state index contributed by atoms with van der Waals surface area (Å²) in [5.74, 6) is -0.597. The molecule has 1 fully saturated rings. The van der Waals surface area contributed by atoms with Gasteiger partial charge in [0.1, 0.15) is 6.54 Å². The van der Waals surface area contributed by atoms with Gasteiger partial charge >= 0.3 is 0 Å². The van der Waals surface area contributed by atoms with Gasteiger partial charge in [-0.3, -0.25) is 9.59 Å². The summed E-state index contributed by atoms with van der Waals surface area (Å²) in [6, 6.07) is 11.5. The van der Waals surface area contributed by atoms with Crippen LogP contribution in [0.4, 0.5) is 11.4 Å². The summed E-state index contributed by atoms with van der Waals surface area (Å²) >= 11 is 5.88. The highest BCUT2D eigenvalue weighted by atomic mass is 35.5. The van der Waals surface area contributed by atoms with Crippen LogP contribution in [-0.2, 0) is 25.0 Å². The molecule has 0 bridgehead atoms. The second-order valence-corrected chi connectivity index (χ2v) is 11.1. The molecule has 0 radical (unpaired) electrons. The quantitative estimate of drug-likeness (QED) is 0.713. The third-order valence-corrected chi connectivity index (χ3v) is 8.24. The van der Waals surface area contributed by atoms with Gasteiger partial charge in [0.15, 0.2) is 0 Å². The highest BCUT2D eigenvalue weighted by Gasteiger charge is 2.45. The Labute approximate surface area is 193 Å². The number of piperidine rings is 1. The van der Waals surface area contributed by atoms with E-state index in [1.54, 1.807) is 50.2 Å². The fourth-order valence-electron chi connectivity index (χ4n) is 4.26. The van der Waals surface area contributed by atoms with Crippen LogP contribution in [0.5, 0.6) is 0 Å². The molecular formula is C23H26ClN3O4S. The average molecular weight is 476 g/mol. The minimum Gasteiger partial charge on any atom is -0.325 e. The predicted molar refractivity (Wildman–Crippen MR) is 125 cm³/mol. The zero-order valence-corrected chi connectivity index (χ0v) is 19.7. The van der Waals surface area contributed by atoms with Crippen LogP contribution in [0.15, 0.2) is 47.4 Å². The zero-order valence-electron chi connectivity index (χ0n) is 18.1. The first-order valence-corrected chi connectivity index (χ1v) is 12.4. The fraction of sp³-hybridized carbons (Fsp3) is 0.391. The number of sulfonamides is 1. The van der Waals surface area contributed by atoms with Crippen molar-refractivity contribution in [1.29, 1.82) is 0 Å². The van der Waals surface area contributed by atoms with Crippen LogP contribution in [0, 0.1) is 0 Å². The predicted octanol–water partition coefficient (Wildman–Crippen LogP) is 3.78. The van der Waals surface area contributed by atoms with Gasteiger partial charge in [-0.15, -0.1) is 0 Å². The van der Waals surface area contributed by atoms with Crippen molar-refractivity contribution in [3.05, 3.63) is 53.1 Å². The number of anilines is 2. The molecule has 0 atom stereocenters. The van der Waals surface area contributed by atoms with Crippen molar-refractivity contribution in [3.63, 3.8) is 0 Å². The van der Waals surface area contributed by atoms with E-state index in [4.69, 9.17) is 11.6 Å². The number of halogens is 1. The Morgan fingerprint density at radius 3 is 2.38 bits per heavy atom. The standard InChI is InChI=1S/C23H26ClN3O4S/c1-23(2)19-14-18(32(30,31)26-12-4-3-5-13-26)10-11-20(19)27(22(23)29)15-21(28)25-17-8-6-16(24)7-9-17/h6-11,14H,3-5,12-13,15H2,1-2H3,(H,25,28). The van der Waals surface area contributed by atoms with Crippen molar-refractivity contribution < 1.29 is 18.0 Å². The zero-order chi connectivity index (χ0) is 23.1. The summed E-state index contributed by atoms with van der Waals surface area (Å²) < 4.78 is 27.8. The molecule has 4 rings (SSSR count). The third kappa shape index (κ3) is 4.14. The van der Waals surface area contributed by atoms with Gasteiger partial charge in [-0.1, -0.05) is 18.0 Å². The summed E-state index contributed by atoms with van der Waals surface area (Å²) in [6.07, 6.45) is 2.74. The van der Waals surface area contributed by atoms with E-state index in [1.807, 2.05) is 0 Å². The van der Waals surface area contributed by atoms with Crippen molar-refractivity contribution in [2.75, 3.05) is 29.9 Å². The minimum atomic E-state index is -3.62. The van der Waals surface area contributed by atoms with Crippen molar-refractivity contribution in [3.8, 4) is 0 Å². The highest BCUT2D eigenvalue weighted by molar-refractivity contribution is 7.89. The monoisotopic (exact) mass is 475 g/mol. The summed E-state index contributed by atoms with van der Waals surface area (Å²) in [5.41, 5.74) is 0.806. The highest BCUT2D eigenvalue weighted by Crippen LogP contribution is 2.42. The van der Waals surface area contributed by atoms with Crippen LogP contribution in [0.2, 0.25) is 5.02 Å². The number of amides is 2. The number of fused-ring (bicyclic) bond motifs is 1. The van der Waals surface area contributed by atoms with Crippen molar-refractivity contribution >= 4 is 44.8 Å². The van der Waals surface area contributed by atoms with E-state index in [0.717, 1.165) is 19.3 Å². The van der Waals surface area contributed by atoms with Gasteiger partial charge in [0.2, 0.25) is 21.8 Å². The number of benzene rings is 2. The molecule has 2 heterocycles.